The summed E-state index contributed by atoms with van der Waals surface area (Å²) in [5.41, 5.74) is 10.1. The molecule has 1 aromatic carbocycles. The molecule has 0 radical (unpaired) electrons. The summed E-state index contributed by atoms with van der Waals surface area (Å²) >= 11 is 0. The summed E-state index contributed by atoms with van der Waals surface area (Å²) in [6, 6.07) is 6.83. The van der Waals surface area contributed by atoms with Crippen LogP contribution < -0.4 is 5.73 Å². The molecule has 0 heterocycles. The van der Waals surface area contributed by atoms with Crippen molar-refractivity contribution in [2.24, 2.45) is 5.73 Å². The minimum atomic E-state index is 0.736. The molecule has 0 amide bonds. The van der Waals surface area contributed by atoms with Crippen molar-refractivity contribution in [3.8, 4) is 0 Å². The molecule has 1 heteroatoms. The molecule has 1 atom stereocenters. The van der Waals surface area contributed by atoms with Crippen LogP contribution in [0.4, 0.5) is 0 Å². The third-order valence-corrected chi connectivity index (χ3v) is 3.02. The first kappa shape index (κ1) is 8.76. The molecule has 0 bridgehead atoms. The third kappa shape index (κ3) is 1.61. The van der Waals surface area contributed by atoms with E-state index in [0.29, 0.717) is 0 Å². The first-order valence-corrected chi connectivity index (χ1v) is 5.11. The Labute approximate surface area is 80.0 Å². The molecule has 0 aromatic heterocycles. The Balaban J connectivity index is 2.29. The third-order valence-electron chi connectivity index (χ3n) is 3.02. The lowest BCUT2D eigenvalue weighted by atomic mass is 9.96. The van der Waals surface area contributed by atoms with Gasteiger partial charge < -0.3 is 5.73 Å². The van der Waals surface area contributed by atoms with Crippen LogP contribution in [0.15, 0.2) is 18.2 Å². The fraction of sp³-hybridized carbons (Fsp3) is 0.500. The molecular formula is C12H17N. The molecule has 1 unspecified atom stereocenters. The zero-order valence-electron chi connectivity index (χ0n) is 8.22. The van der Waals surface area contributed by atoms with E-state index in [1.807, 2.05) is 0 Å². The predicted octanol–water partition coefficient (Wildman–Crippen LogP) is 2.37. The lowest BCUT2D eigenvalue weighted by Gasteiger charge is -2.10. The number of aryl methyl sites for hydroxylation is 2. The van der Waals surface area contributed by atoms with Crippen LogP contribution in [0.3, 0.4) is 0 Å². The Morgan fingerprint density at radius 1 is 1.46 bits per heavy atom. The Kier molecular flexibility index (Phi) is 2.36. The highest BCUT2D eigenvalue weighted by Gasteiger charge is 2.21. The van der Waals surface area contributed by atoms with Crippen molar-refractivity contribution in [3.63, 3.8) is 0 Å². The van der Waals surface area contributed by atoms with Crippen molar-refractivity contribution in [3.05, 3.63) is 34.9 Å². The number of nitrogens with two attached hydrogens (primary N) is 1. The Hall–Kier alpha value is -0.820. The highest BCUT2D eigenvalue weighted by molar-refractivity contribution is 5.37. The van der Waals surface area contributed by atoms with E-state index in [2.05, 4.69) is 25.1 Å². The van der Waals surface area contributed by atoms with Crippen LogP contribution in [0.5, 0.6) is 0 Å². The molecule has 0 saturated heterocycles. The molecule has 1 nitrogen and oxygen atoms in total. The maximum atomic E-state index is 5.60. The standard InChI is InChI=1S/C12H17N/c1-9-2-3-10-4-5-11(6-7-13)12(10)8-9/h2-3,8,11H,4-7,13H2,1H3. The van der Waals surface area contributed by atoms with Crippen LogP contribution in [0.2, 0.25) is 0 Å². The van der Waals surface area contributed by atoms with Crippen LogP contribution >= 0.6 is 0 Å². The van der Waals surface area contributed by atoms with Crippen molar-refractivity contribution >= 4 is 0 Å². The number of hydrogen-bond donors (Lipinski definition) is 1. The van der Waals surface area contributed by atoms with Gasteiger partial charge in [0.1, 0.15) is 0 Å². The number of fused-ring (bicyclic) bond motifs is 1. The van der Waals surface area contributed by atoms with Gasteiger partial charge in [0.2, 0.25) is 0 Å². The molecule has 2 N–H and O–H groups in total. The minimum Gasteiger partial charge on any atom is -0.330 e. The van der Waals surface area contributed by atoms with Crippen LogP contribution in [0, 0.1) is 6.92 Å². The van der Waals surface area contributed by atoms with Gasteiger partial charge in [-0.05, 0) is 49.8 Å². The monoisotopic (exact) mass is 175 g/mol. The van der Waals surface area contributed by atoms with Crippen molar-refractivity contribution < 1.29 is 0 Å². The molecule has 70 valence electrons. The average Bonchev–Trinajstić information content (AvgIpc) is 2.49. The molecule has 0 spiro atoms. The molecule has 1 aromatic rings. The van der Waals surface area contributed by atoms with Crippen molar-refractivity contribution in [1.29, 1.82) is 0 Å². The van der Waals surface area contributed by atoms with Crippen LogP contribution in [-0.4, -0.2) is 6.54 Å². The lowest BCUT2D eigenvalue weighted by molar-refractivity contribution is 0.627. The molecule has 0 fully saturated rings. The molecule has 1 aliphatic carbocycles. The SMILES string of the molecule is Cc1ccc2c(c1)C(CCN)CC2. The molecule has 0 saturated carbocycles. The molecule has 2 rings (SSSR count). The van der Waals surface area contributed by atoms with Crippen LogP contribution in [0.25, 0.3) is 0 Å². The van der Waals surface area contributed by atoms with E-state index >= 15 is 0 Å². The first-order chi connectivity index (χ1) is 6.31. The van der Waals surface area contributed by atoms with E-state index in [1.165, 1.54) is 18.4 Å². The summed E-state index contributed by atoms with van der Waals surface area (Å²) in [4.78, 5) is 0. The summed E-state index contributed by atoms with van der Waals surface area (Å²) < 4.78 is 0. The Morgan fingerprint density at radius 2 is 2.31 bits per heavy atom. The average molecular weight is 175 g/mol. The lowest BCUT2D eigenvalue weighted by Crippen LogP contribution is -2.04. The summed E-state index contributed by atoms with van der Waals surface area (Å²) in [5.74, 6) is 0.736. The minimum absolute atomic E-state index is 0.736. The van der Waals surface area contributed by atoms with Gasteiger partial charge in [-0.1, -0.05) is 23.8 Å². The van der Waals surface area contributed by atoms with Gasteiger partial charge in [0.25, 0.3) is 0 Å². The highest BCUT2D eigenvalue weighted by atomic mass is 14.5. The van der Waals surface area contributed by atoms with Crippen molar-refractivity contribution in [2.75, 3.05) is 6.54 Å². The summed E-state index contributed by atoms with van der Waals surface area (Å²) in [5, 5.41) is 0. The zero-order chi connectivity index (χ0) is 9.26. The van der Waals surface area contributed by atoms with E-state index in [1.54, 1.807) is 11.1 Å². The van der Waals surface area contributed by atoms with E-state index < -0.39 is 0 Å². The van der Waals surface area contributed by atoms with Crippen LogP contribution in [0.1, 0.15) is 35.4 Å². The molecular weight excluding hydrogens is 158 g/mol. The summed E-state index contributed by atoms with van der Waals surface area (Å²) in [7, 11) is 0. The van der Waals surface area contributed by atoms with Crippen molar-refractivity contribution in [2.45, 2.75) is 32.1 Å². The number of hydrogen-bond acceptors (Lipinski definition) is 1. The quantitative estimate of drug-likeness (QED) is 0.733. The molecule has 0 aliphatic heterocycles. The van der Waals surface area contributed by atoms with Gasteiger partial charge in [0, 0.05) is 0 Å². The summed E-state index contributed by atoms with van der Waals surface area (Å²) in [6.45, 7) is 2.98. The van der Waals surface area contributed by atoms with Gasteiger partial charge in [-0.25, -0.2) is 0 Å². The maximum absolute atomic E-state index is 5.60. The fourth-order valence-corrected chi connectivity index (χ4v) is 2.31. The van der Waals surface area contributed by atoms with E-state index in [9.17, 15) is 0 Å². The van der Waals surface area contributed by atoms with Crippen molar-refractivity contribution in [1.82, 2.24) is 0 Å². The van der Waals surface area contributed by atoms with Gasteiger partial charge in [-0.3, -0.25) is 0 Å². The maximum Gasteiger partial charge on any atom is -0.00714 e. The van der Waals surface area contributed by atoms with Crippen LogP contribution in [-0.2, 0) is 6.42 Å². The zero-order valence-corrected chi connectivity index (χ0v) is 8.22. The fourth-order valence-electron chi connectivity index (χ4n) is 2.31. The van der Waals surface area contributed by atoms with E-state index in [0.717, 1.165) is 18.9 Å². The first-order valence-electron chi connectivity index (χ1n) is 5.11. The van der Waals surface area contributed by atoms with E-state index in [4.69, 9.17) is 5.73 Å². The van der Waals surface area contributed by atoms with Gasteiger partial charge in [0.15, 0.2) is 0 Å². The van der Waals surface area contributed by atoms with Gasteiger partial charge in [0.05, 0.1) is 0 Å². The molecule has 1 aliphatic rings. The highest BCUT2D eigenvalue weighted by Crippen LogP contribution is 2.35. The van der Waals surface area contributed by atoms with Gasteiger partial charge in [-0.2, -0.15) is 0 Å². The normalized spacial score (nSPS) is 20.3. The Morgan fingerprint density at radius 3 is 3.08 bits per heavy atom. The van der Waals surface area contributed by atoms with E-state index in [-0.39, 0.29) is 0 Å². The van der Waals surface area contributed by atoms with Gasteiger partial charge in [-0.15, -0.1) is 0 Å². The molecule has 13 heavy (non-hydrogen) atoms. The number of benzene rings is 1. The smallest absolute Gasteiger partial charge is 0.00714 e. The van der Waals surface area contributed by atoms with Gasteiger partial charge >= 0.3 is 0 Å². The Bertz CT molecular complexity index is 302. The number of rotatable bonds is 2. The second-order valence-corrected chi connectivity index (χ2v) is 4.02. The summed E-state index contributed by atoms with van der Waals surface area (Å²) in [6.07, 6.45) is 3.70. The second-order valence-electron chi connectivity index (χ2n) is 4.02. The predicted molar refractivity (Wildman–Crippen MR) is 55.9 cm³/mol. The second kappa shape index (κ2) is 3.51. The largest absolute Gasteiger partial charge is 0.330 e. The topological polar surface area (TPSA) is 26.0 Å².